The third kappa shape index (κ3) is 5.91. The topological polar surface area (TPSA) is 133 Å². The summed E-state index contributed by atoms with van der Waals surface area (Å²) >= 11 is 5.96. The molecule has 8 nitrogen and oxygen atoms in total. The van der Waals surface area contributed by atoms with E-state index in [1.807, 2.05) is 0 Å². The molecule has 0 aromatic heterocycles. The normalized spacial score (nSPS) is 11.9. The van der Waals surface area contributed by atoms with Gasteiger partial charge >= 0.3 is 5.97 Å². The number of hydrogen-bond acceptors (Lipinski definition) is 5. The van der Waals surface area contributed by atoms with Crippen LogP contribution in [0.3, 0.4) is 0 Å². The van der Waals surface area contributed by atoms with Crippen molar-refractivity contribution in [2.75, 3.05) is 7.05 Å². The Morgan fingerprint density at radius 3 is 2.42 bits per heavy atom. The summed E-state index contributed by atoms with van der Waals surface area (Å²) in [5.74, 6) is -3.36. The van der Waals surface area contributed by atoms with E-state index in [0.29, 0.717) is 10.6 Å². The lowest BCUT2D eigenvalue weighted by Gasteiger charge is -2.03. The van der Waals surface area contributed by atoms with Crippen LogP contribution in [0.1, 0.15) is 15.9 Å². The fourth-order valence-electron chi connectivity index (χ4n) is 1.75. The van der Waals surface area contributed by atoms with Gasteiger partial charge in [-0.25, -0.2) is 4.79 Å². The van der Waals surface area contributed by atoms with Crippen molar-refractivity contribution in [3.63, 3.8) is 0 Å². The highest BCUT2D eigenvalue weighted by Gasteiger charge is 2.16. The molecule has 0 fully saturated rings. The van der Waals surface area contributed by atoms with Crippen LogP contribution in [-0.4, -0.2) is 41.5 Å². The molecule has 4 N–H and O–H groups in total. The average molecular weight is 379 g/mol. The highest BCUT2D eigenvalue weighted by molar-refractivity contribution is 6.32. The predicted octanol–water partition coefficient (Wildman–Crippen LogP) is 1.44. The number of nitrogens with one attached hydrogen (secondary N) is 2. The van der Waals surface area contributed by atoms with Crippen molar-refractivity contribution >= 4 is 41.9 Å². The minimum absolute atomic E-state index is 0.0367. The van der Waals surface area contributed by atoms with Gasteiger partial charge in [0.2, 0.25) is 6.41 Å². The predicted molar refractivity (Wildman–Crippen MR) is 94.5 cm³/mol. The van der Waals surface area contributed by atoms with Crippen molar-refractivity contribution < 1.29 is 29.4 Å². The van der Waals surface area contributed by atoms with Gasteiger partial charge < -0.3 is 15.5 Å². The molecule has 9 heteroatoms. The van der Waals surface area contributed by atoms with Gasteiger partial charge in [-0.2, -0.15) is 0 Å². The zero-order chi connectivity index (χ0) is 19.7. The summed E-state index contributed by atoms with van der Waals surface area (Å²) < 4.78 is 0. The number of likely N-dealkylation sites (N-methyl/N-ethyl adjacent to an activating group) is 1. The van der Waals surface area contributed by atoms with Crippen LogP contribution in [0.2, 0.25) is 5.02 Å². The summed E-state index contributed by atoms with van der Waals surface area (Å²) in [6.07, 6.45) is 4.91. The van der Waals surface area contributed by atoms with E-state index in [0.717, 1.165) is 12.2 Å². The number of carbonyl (C=O) groups excluding carboxylic acids is 3. The number of rotatable bonds is 7. The number of hydrogen-bond donors (Lipinski definition) is 4. The van der Waals surface area contributed by atoms with Crippen molar-refractivity contribution in [1.29, 1.82) is 0 Å². The van der Waals surface area contributed by atoms with Crippen LogP contribution in [0.15, 0.2) is 47.8 Å². The lowest BCUT2D eigenvalue weighted by atomic mass is 10.1. The highest BCUT2D eigenvalue weighted by atomic mass is 35.5. The Hall–Kier alpha value is -3.39. The van der Waals surface area contributed by atoms with Gasteiger partial charge in [-0.05, 0) is 35.9 Å². The summed E-state index contributed by atoms with van der Waals surface area (Å²) in [6.45, 7) is 0. The molecule has 1 aromatic rings. The molecular weight excluding hydrogens is 364 g/mol. The fraction of sp³-hybridized carbons (Fsp3) is 0.0588. The van der Waals surface area contributed by atoms with E-state index in [1.165, 1.54) is 37.4 Å². The summed E-state index contributed by atoms with van der Waals surface area (Å²) in [4.78, 5) is 44.5. The van der Waals surface area contributed by atoms with Gasteiger partial charge in [0, 0.05) is 12.1 Å². The summed E-state index contributed by atoms with van der Waals surface area (Å²) in [6, 6.07) is 4.11. The molecule has 3 amide bonds. The number of carboxylic acids is 1. The molecule has 0 saturated heterocycles. The number of halogens is 1. The van der Waals surface area contributed by atoms with Crippen LogP contribution in [0, 0.1) is 0 Å². The number of amides is 3. The summed E-state index contributed by atoms with van der Waals surface area (Å²) in [5, 5.41) is 23.1. The number of imide groups is 1. The Morgan fingerprint density at radius 2 is 1.85 bits per heavy atom. The van der Waals surface area contributed by atoms with Crippen LogP contribution < -0.4 is 10.6 Å². The van der Waals surface area contributed by atoms with E-state index in [2.05, 4.69) is 5.32 Å². The highest BCUT2D eigenvalue weighted by Crippen LogP contribution is 2.19. The van der Waals surface area contributed by atoms with Crippen LogP contribution in [-0.2, 0) is 14.4 Å². The number of aromatic carboxylic acids is 1. The number of aliphatic hydroxyl groups excluding tert-OH is 1. The first kappa shape index (κ1) is 20.7. The molecule has 0 aliphatic rings. The SMILES string of the molecule is CNC(=O)/C(=C/C(O)=C/C=C/c1cc(C(=O)O)ccc1Cl)C(=O)NC=O. The number of carbonyl (C=O) groups is 4. The van der Waals surface area contributed by atoms with E-state index >= 15 is 0 Å². The van der Waals surface area contributed by atoms with Crippen molar-refractivity contribution in [2.45, 2.75) is 0 Å². The van der Waals surface area contributed by atoms with Gasteiger partial charge in [-0.15, -0.1) is 0 Å². The van der Waals surface area contributed by atoms with Crippen LogP contribution in [0.5, 0.6) is 0 Å². The van der Waals surface area contributed by atoms with Crippen molar-refractivity contribution in [3.8, 4) is 0 Å². The molecule has 0 aliphatic heterocycles. The Labute approximate surface area is 153 Å². The van der Waals surface area contributed by atoms with Gasteiger partial charge in [0.15, 0.2) is 0 Å². The maximum absolute atomic E-state index is 11.6. The molecule has 0 bridgehead atoms. The number of benzene rings is 1. The van der Waals surface area contributed by atoms with Crippen LogP contribution >= 0.6 is 11.6 Å². The molecule has 0 spiro atoms. The Balaban J connectivity index is 3.08. The minimum Gasteiger partial charge on any atom is -0.508 e. The minimum atomic E-state index is -1.12. The lowest BCUT2D eigenvalue weighted by Crippen LogP contribution is -2.32. The van der Waals surface area contributed by atoms with E-state index in [4.69, 9.17) is 16.7 Å². The maximum Gasteiger partial charge on any atom is 0.335 e. The first-order valence-electron chi connectivity index (χ1n) is 7.08. The van der Waals surface area contributed by atoms with Crippen LogP contribution in [0.4, 0.5) is 0 Å². The van der Waals surface area contributed by atoms with Crippen molar-refractivity contribution in [2.24, 2.45) is 0 Å². The third-order valence-corrected chi connectivity index (χ3v) is 3.33. The average Bonchev–Trinajstić information content (AvgIpc) is 2.60. The second-order valence-electron chi connectivity index (χ2n) is 4.72. The van der Waals surface area contributed by atoms with E-state index in [9.17, 15) is 24.3 Å². The van der Waals surface area contributed by atoms with Gasteiger partial charge in [0.1, 0.15) is 11.3 Å². The molecule has 0 radical (unpaired) electrons. The molecule has 1 rings (SSSR count). The van der Waals surface area contributed by atoms with Crippen molar-refractivity contribution in [1.82, 2.24) is 10.6 Å². The molecule has 0 atom stereocenters. The van der Waals surface area contributed by atoms with E-state index < -0.39 is 29.1 Å². The molecule has 26 heavy (non-hydrogen) atoms. The second kappa shape index (κ2) is 9.80. The van der Waals surface area contributed by atoms with Gasteiger partial charge in [-0.1, -0.05) is 23.8 Å². The Morgan fingerprint density at radius 1 is 1.15 bits per heavy atom. The zero-order valence-electron chi connectivity index (χ0n) is 13.5. The molecule has 0 unspecified atom stereocenters. The number of allylic oxidation sites excluding steroid dienone is 3. The quantitative estimate of drug-likeness (QED) is 0.142. The van der Waals surface area contributed by atoms with Crippen LogP contribution in [0.25, 0.3) is 6.08 Å². The molecule has 1 aromatic carbocycles. The lowest BCUT2D eigenvalue weighted by molar-refractivity contribution is -0.125. The van der Waals surface area contributed by atoms with E-state index in [1.54, 1.807) is 5.32 Å². The molecule has 0 aliphatic carbocycles. The molecule has 136 valence electrons. The Kier molecular flexibility index (Phi) is 7.78. The summed E-state index contributed by atoms with van der Waals surface area (Å²) in [7, 11) is 1.28. The smallest absolute Gasteiger partial charge is 0.335 e. The number of aliphatic hydroxyl groups is 1. The molecule has 0 saturated carbocycles. The standard InChI is InChI=1S/C17H15ClN2O6/c1-19-15(23)13(16(24)20-9-21)8-12(22)4-2-3-10-7-11(17(25)26)5-6-14(10)18/h2-9,22H,1H3,(H,19,23)(H,25,26)(H,20,21,24)/b3-2+,12-4-,13-8-. The largest absolute Gasteiger partial charge is 0.508 e. The van der Waals surface area contributed by atoms with E-state index in [-0.39, 0.29) is 12.0 Å². The Bertz CT molecular complexity index is 827. The van der Waals surface area contributed by atoms with Gasteiger partial charge in [0.05, 0.1) is 5.56 Å². The first-order valence-corrected chi connectivity index (χ1v) is 7.46. The molecular formula is C17H15ClN2O6. The maximum atomic E-state index is 11.6. The first-order chi connectivity index (χ1) is 12.3. The monoisotopic (exact) mass is 378 g/mol. The summed E-state index contributed by atoms with van der Waals surface area (Å²) in [5.41, 5.74) is -0.0490. The zero-order valence-corrected chi connectivity index (χ0v) is 14.3. The fourth-order valence-corrected chi connectivity index (χ4v) is 1.93. The molecule has 0 heterocycles. The third-order valence-electron chi connectivity index (χ3n) is 2.98. The van der Waals surface area contributed by atoms with Gasteiger partial charge in [0.25, 0.3) is 11.8 Å². The van der Waals surface area contributed by atoms with Crippen molar-refractivity contribution in [3.05, 3.63) is 63.9 Å². The second-order valence-corrected chi connectivity index (χ2v) is 5.13. The number of carboxylic acid groups (broad SMARTS) is 1. The van der Waals surface area contributed by atoms with Gasteiger partial charge in [-0.3, -0.25) is 19.7 Å².